The normalized spacial score (nSPS) is 12.6. The van der Waals surface area contributed by atoms with Crippen LogP contribution in [0.2, 0.25) is 5.15 Å². The largest absolute Gasteiger partial charge is 0.356 e. The van der Waals surface area contributed by atoms with Gasteiger partial charge in [-0.3, -0.25) is 4.99 Å². The number of hydrogen-bond donors (Lipinski definition) is 2. The van der Waals surface area contributed by atoms with Gasteiger partial charge in [-0.15, -0.1) is 0 Å². The molecule has 1 aromatic rings. The quantitative estimate of drug-likeness (QED) is 0.478. The highest BCUT2D eigenvalue weighted by Crippen LogP contribution is 2.07. The van der Waals surface area contributed by atoms with E-state index in [1.807, 2.05) is 12.1 Å². The maximum Gasteiger partial charge on any atom is 0.191 e. The highest BCUT2D eigenvalue weighted by atomic mass is 35.5. The summed E-state index contributed by atoms with van der Waals surface area (Å²) in [5, 5.41) is 7.17. The fraction of sp³-hybridized carbons (Fsp3) is 0.600. The molecule has 0 amide bonds. The number of hydrogen-bond acceptors (Lipinski definition) is 3. The van der Waals surface area contributed by atoms with Crippen LogP contribution in [0, 0.1) is 0 Å². The van der Waals surface area contributed by atoms with Crippen LogP contribution in [-0.2, 0) is 6.42 Å². The van der Waals surface area contributed by atoms with Crippen LogP contribution in [-0.4, -0.2) is 55.6 Å². The molecule has 0 saturated heterocycles. The minimum Gasteiger partial charge on any atom is -0.356 e. The molecule has 0 radical (unpaired) electrons. The van der Waals surface area contributed by atoms with Gasteiger partial charge in [0.15, 0.2) is 5.96 Å². The zero-order valence-corrected chi connectivity index (χ0v) is 14.3. The van der Waals surface area contributed by atoms with Gasteiger partial charge in [0.2, 0.25) is 0 Å². The number of likely N-dealkylation sites (N-methyl/N-ethyl adjacent to an activating group) is 1. The summed E-state index contributed by atoms with van der Waals surface area (Å²) in [6.45, 7) is 5.99. The molecule has 0 bridgehead atoms. The molecule has 0 saturated carbocycles. The number of aliphatic imine (C=N–C) groups is 1. The standard InChI is InChI=1S/C15H26ClN5/c1-15(2,21(4)5)11-20-14(17-3)18-9-8-12-6-7-13(16)19-10-12/h6-7,10H,8-9,11H2,1-5H3,(H2,17,18,20). The molecule has 0 aliphatic heterocycles. The van der Waals surface area contributed by atoms with Crippen molar-refractivity contribution in [3.05, 3.63) is 29.0 Å². The van der Waals surface area contributed by atoms with Gasteiger partial charge in [0, 0.05) is 31.9 Å². The van der Waals surface area contributed by atoms with Gasteiger partial charge < -0.3 is 15.5 Å². The second kappa shape index (κ2) is 8.20. The summed E-state index contributed by atoms with van der Waals surface area (Å²) in [7, 11) is 5.93. The first-order valence-corrected chi connectivity index (χ1v) is 7.45. The first-order chi connectivity index (χ1) is 9.85. The van der Waals surface area contributed by atoms with E-state index in [-0.39, 0.29) is 5.54 Å². The molecule has 0 aliphatic carbocycles. The molecule has 0 aromatic carbocycles. The molecule has 1 heterocycles. The van der Waals surface area contributed by atoms with Crippen molar-refractivity contribution in [1.82, 2.24) is 20.5 Å². The van der Waals surface area contributed by atoms with Crippen molar-refractivity contribution >= 4 is 17.6 Å². The molecule has 0 aliphatic rings. The van der Waals surface area contributed by atoms with E-state index >= 15 is 0 Å². The first-order valence-electron chi connectivity index (χ1n) is 7.07. The molecule has 21 heavy (non-hydrogen) atoms. The van der Waals surface area contributed by atoms with E-state index in [1.165, 1.54) is 0 Å². The van der Waals surface area contributed by atoms with E-state index < -0.39 is 0 Å². The van der Waals surface area contributed by atoms with Gasteiger partial charge in [0.1, 0.15) is 5.15 Å². The Bertz CT molecular complexity index is 454. The Labute approximate surface area is 132 Å². The fourth-order valence-corrected chi connectivity index (χ4v) is 1.67. The highest BCUT2D eigenvalue weighted by molar-refractivity contribution is 6.29. The minimum absolute atomic E-state index is 0.0672. The molecular weight excluding hydrogens is 286 g/mol. The fourth-order valence-electron chi connectivity index (χ4n) is 1.56. The van der Waals surface area contributed by atoms with Crippen LogP contribution >= 0.6 is 11.6 Å². The molecule has 1 aromatic heterocycles. The van der Waals surface area contributed by atoms with Gasteiger partial charge in [-0.25, -0.2) is 4.98 Å². The summed E-state index contributed by atoms with van der Waals surface area (Å²) >= 11 is 5.77. The maximum absolute atomic E-state index is 5.77. The van der Waals surface area contributed by atoms with Crippen molar-refractivity contribution in [3.63, 3.8) is 0 Å². The van der Waals surface area contributed by atoms with Crippen molar-refractivity contribution in [3.8, 4) is 0 Å². The van der Waals surface area contributed by atoms with Crippen LogP contribution in [0.4, 0.5) is 0 Å². The molecule has 1 rings (SSSR count). The molecule has 0 atom stereocenters. The van der Waals surface area contributed by atoms with E-state index in [2.05, 4.69) is 53.5 Å². The lowest BCUT2D eigenvalue weighted by Crippen LogP contribution is -2.51. The van der Waals surface area contributed by atoms with E-state index in [9.17, 15) is 0 Å². The number of nitrogens with one attached hydrogen (secondary N) is 2. The smallest absolute Gasteiger partial charge is 0.191 e. The predicted molar refractivity (Wildman–Crippen MR) is 90.1 cm³/mol. The van der Waals surface area contributed by atoms with Gasteiger partial charge in [-0.05, 0) is 46.0 Å². The second-order valence-electron chi connectivity index (χ2n) is 5.80. The topological polar surface area (TPSA) is 52.6 Å². The maximum atomic E-state index is 5.77. The van der Waals surface area contributed by atoms with Gasteiger partial charge in [-0.1, -0.05) is 17.7 Å². The summed E-state index contributed by atoms with van der Waals surface area (Å²) in [5.41, 5.74) is 1.22. The van der Waals surface area contributed by atoms with E-state index in [1.54, 1.807) is 13.2 Å². The molecule has 2 N–H and O–H groups in total. The summed E-state index contributed by atoms with van der Waals surface area (Å²) in [5.74, 6) is 0.812. The Balaban J connectivity index is 2.37. The molecular formula is C15H26ClN5. The Hall–Kier alpha value is -1.33. The number of nitrogens with zero attached hydrogens (tertiary/aromatic N) is 3. The number of rotatable bonds is 6. The summed E-state index contributed by atoms with van der Waals surface area (Å²) in [6, 6.07) is 3.80. The van der Waals surface area contributed by atoms with Crippen LogP contribution < -0.4 is 10.6 Å². The molecule has 0 fully saturated rings. The zero-order chi connectivity index (χ0) is 15.9. The first kappa shape index (κ1) is 17.7. The molecule has 0 unspecified atom stereocenters. The molecule has 5 nitrogen and oxygen atoms in total. The van der Waals surface area contributed by atoms with Crippen LogP contribution in [0.5, 0.6) is 0 Å². The Morgan fingerprint density at radius 1 is 1.33 bits per heavy atom. The predicted octanol–water partition coefficient (Wildman–Crippen LogP) is 1.78. The van der Waals surface area contributed by atoms with E-state index in [0.717, 1.165) is 31.0 Å². The van der Waals surface area contributed by atoms with Crippen molar-refractivity contribution in [2.75, 3.05) is 34.2 Å². The van der Waals surface area contributed by atoms with Crippen molar-refractivity contribution in [2.45, 2.75) is 25.8 Å². The summed E-state index contributed by atoms with van der Waals surface area (Å²) in [4.78, 5) is 10.5. The molecule has 6 heteroatoms. The summed E-state index contributed by atoms with van der Waals surface area (Å²) < 4.78 is 0. The average molecular weight is 312 g/mol. The Morgan fingerprint density at radius 3 is 2.57 bits per heavy atom. The number of pyridine rings is 1. The van der Waals surface area contributed by atoms with Crippen molar-refractivity contribution in [1.29, 1.82) is 0 Å². The Morgan fingerprint density at radius 2 is 2.05 bits per heavy atom. The number of guanidine groups is 1. The zero-order valence-electron chi connectivity index (χ0n) is 13.6. The molecule has 118 valence electrons. The number of halogens is 1. The third kappa shape index (κ3) is 6.31. The van der Waals surface area contributed by atoms with Crippen LogP contribution in [0.1, 0.15) is 19.4 Å². The SMILES string of the molecule is CN=C(NCCc1ccc(Cl)nc1)NCC(C)(C)N(C)C. The third-order valence-electron chi connectivity index (χ3n) is 3.62. The third-order valence-corrected chi connectivity index (χ3v) is 3.84. The van der Waals surface area contributed by atoms with Gasteiger partial charge in [0.05, 0.1) is 0 Å². The minimum atomic E-state index is 0.0672. The second-order valence-corrected chi connectivity index (χ2v) is 6.19. The molecule has 0 spiro atoms. The van der Waals surface area contributed by atoms with Crippen LogP contribution in [0.15, 0.2) is 23.3 Å². The summed E-state index contributed by atoms with van der Waals surface area (Å²) in [6.07, 6.45) is 2.68. The monoisotopic (exact) mass is 311 g/mol. The van der Waals surface area contributed by atoms with E-state index in [4.69, 9.17) is 11.6 Å². The lowest BCUT2D eigenvalue weighted by atomic mass is 10.0. The van der Waals surface area contributed by atoms with E-state index in [0.29, 0.717) is 5.15 Å². The van der Waals surface area contributed by atoms with Crippen molar-refractivity contribution < 1.29 is 0 Å². The van der Waals surface area contributed by atoms with Crippen LogP contribution in [0.3, 0.4) is 0 Å². The lowest BCUT2D eigenvalue weighted by molar-refractivity contribution is 0.197. The highest BCUT2D eigenvalue weighted by Gasteiger charge is 2.20. The number of aromatic nitrogens is 1. The van der Waals surface area contributed by atoms with Gasteiger partial charge in [-0.2, -0.15) is 0 Å². The van der Waals surface area contributed by atoms with Crippen LogP contribution in [0.25, 0.3) is 0 Å². The van der Waals surface area contributed by atoms with Crippen molar-refractivity contribution in [2.24, 2.45) is 4.99 Å². The lowest BCUT2D eigenvalue weighted by Gasteiger charge is -2.33. The average Bonchev–Trinajstić information content (AvgIpc) is 2.44. The van der Waals surface area contributed by atoms with Gasteiger partial charge in [0.25, 0.3) is 0 Å². The van der Waals surface area contributed by atoms with Gasteiger partial charge >= 0.3 is 0 Å². The Kier molecular flexibility index (Phi) is 6.92.